The Morgan fingerprint density at radius 3 is 2.81 bits per heavy atom. The predicted molar refractivity (Wildman–Crippen MR) is 67.1 cm³/mol. The fourth-order valence-electron chi connectivity index (χ4n) is 1.28. The van der Waals surface area contributed by atoms with E-state index in [0.717, 1.165) is 15.8 Å². The van der Waals surface area contributed by atoms with Crippen LogP contribution in [0.15, 0.2) is 47.2 Å². The Kier molecular flexibility index (Phi) is 3.41. The molecule has 0 radical (unpaired) electrons. The zero-order valence-corrected chi connectivity index (χ0v) is 10.1. The zero-order valence-electron chi connectivity index (χ0n) is 8.56. The van der Waals surface area contributed by atoms with Gasteiger partial charge in [-0.1, -0.05) is 12.1 Å². The SMILES string of the molecule is Nc1cnccc1COc1ccccc1Br. The molecule has 0 atom stereocenters. The maximum atomic E-state index is 5.77. The number of aromatic nitrogens is 1. The molecule has 3 nitrogen and oxygen atoms in total. The van der Waals surface area contributed by atoms with Gasteiger partial charge in [0.25, 0.3) is 0 Å². The van der Waals surface area contributed by atoms with Gasteiger partial charge in [0.1, 0.15) is 12.4 Å². The number of pyridine rings is 1. The molecule has 82 valence electrons. The van der Waals surface area contributed by atoms with Gasteiger partial charge >= 0.3 is 0 Å². The number of hydrogen-bond acceptors (Lipinski definition) is 3. The van der Waals surface area contributed by atoms with Gasteiger partial charge in [0.05, 0.1) is 16.4 Å². The minimum Gasteiger partial charge on any atom is -0.488 e. The Balaban J connectivity index is 2.09. The average molecular weight is 279 g/mol. The highest BCUT2D eigenvalue weighted by atomic mass is 79.9. The van der Waals surface area contributed by atoms with E-state index in [0.29, 0.717) is 12.3 Å². The first-order valence-corrected chi connectivity index (χ1v) is 5.62. The minimum absolute atomic E-state index is 0.441. The second kappa shape index (κ2) is 4.99. The number of hydrogen-bond donors (Lipinski definition) is 1. The Morgan fingerprint density at radius 2 is 2.06 bits per heavy atom. The number of nitrogens with two attached hydrogens (primary N) is 1. The van der Waals surface area contributed by atoms with Gasteiger partial charge in [-0.2, -0.15) is 0 Å². The molecule has 0 bridgehead atoms. The zero-order chi connectivity index (χ0) is 11.4. The molecule has 0 aliphatic rings. The lowest BCUT2D eigenvalue weighted by Gasteiger charge is -2.09. The fourth-order valence-corrected chi connectivity index (χ4v) is 1.68. The molecule has 1 aromatic heterocycles. The topological polar surface area (TPSA) is 48.1 Å². The van der Waals surface area contributed by atoms with Gasteiger partial charge in [-0.05, 0) is 34.1 Å². The van der Waals surface area contributed by atoms with E-state index in [1.165, 1.54) is 0 Å². The monoisotopic (exact) mass is 278 g/mol. The molecule has 2 aromatic rings. The van der Waals surface area contributed by atoms with Crippen molar-refractivity contribution in [2.45, 2.75) is 6.61 Å². The van der Waals surface area contributed by atoms with Crippen LogP contribution < -0.4 is 10.5 Å². The number of benzene rings is 1. The van der Waals surface area contributed by atoms with E-state index in [1.807, 2.05) is 30.3 Å². The van der Waals surface area contributed by atoms with Crippen molar-refractivity contribution in [1.82, 2.24) is 4.98 Å². The summed E-state index contributed by atoms with van der Waals surface area (Å²) in [5.41, 5.74) is 7.35. The van der Waals surface area contributed by atoms with Crippen LogP contribution in [0.25, 0.3) is 0 Å². The van der Waals surface area contributed by atoms with E-state index in [9.17, 15) is 0 Å². The lowest BCUT2D eigenvalue weighted by atomic mass is 10.2. The molecule has 0 fully saturated rings. The van der Waals surface area contributed by atoms with Crippen LogP contribution in [-0.4, -0.2) is 4.98 Å². The molecular weight excluding hydrogens is 268 g/mol. The molecule has 1 heterocycles. The second-order valence-corrected chi connectivity index (χ2v) is 4.15. The summed E-state index contributed by atoms with van der Waals surface area (Å²) in [6.07, 6.45) is 3.33. The van der Waals surface area contributed by atoms with Crippen LogP contribution in [0.2, 0.25) is 0 Å². The summed E-state index contributed by atoms with van der Waals surface area (Å²) in [5, 5.41) is 0. The minimum atomic E-state index is 0.441. The highest BCUT2D eigenvalue weighted by Gasteiger charge is 2.02. The van der Waals surface area contributed by atoms with E-state index >= 15 is 0 Å². The second-order valence-electron chi connectivity index (χ2n) is 3.29. The fraction of sp³-hybridized carbons (Fsp3) is 0.0833. The van der Waals surface area contributed by atoms with Crippen molar-refractivity contribution in [3.05, 3.63) is 52.8 Å². The van der Waals surface area contributed by atoms with Crippen LogP contribution >= 0.6 is 15.9 Å². The number of ether oxygens (including phenoxy) is 1. The molecule has 0 aliphatic carbocycles. The number of rotatable bonds is 3. The highest BCUT2D eigenvalue weighted by molar-refractivity contribution is 9.10. The van der Waals surface area contributed by atoms with Crippen LogP contribution in [0.5, 0.6) is 5.75 Å². The Labute approximate surface area is 102 Å². The van der Waals surface area contributed by atoms with Gasteiger partial charge in [0, 0.05) is 11.8 Å². The lowest BCUT2D eigenvalue weighted by molar-refractivity contribution is 0.305. The molecule has 16 heavy (non-hydrogen) atoms. The molecule has 0 amide bonds. The largest absolute Gasteiger partial charge is 0.488 e. The third-order valence-corrected chi connectivity index (χ3v) is 2.82. The van der Waals surface area contributed by atoms with Crippen LogP contribution in [0.3, 0.4) is 0 Å². The Hall–Kier alpha value is -1.55. The Bertz CT molecular complexity index is 442. The molecule has 1 aromatic carbocycles. The van der Waals surface area contributed by atoms with Crippen molar-refractivity contribution in [3.63, 3.8) is 0 Å². The first-order valence-electron chi connectivity index (χ1n) is 4.83. The van der Waals surface area contributed by atoms with E-state index in [1.54, 1.807) is 12.4 Å². The summed E-state index contributed by atoms with van der Waals surface area (Å²) in [5.74, 6) is 0.804. The van der Waals surface area contributed by atoms with Gasteiger partial charge in [-0.15, -0.1) is 0 Å². The number of nitrogens with zero attached hydrogens (tertiary/aromatic N) is 1. The van der Waals surface area contributed by atoms with Gasteiger partial charge in [0.2, 0.25) is 0 Å². The highest BCUT2D eigenvalue weighted by Crippen LogP contribution is 2.25. The molecule has 0 saturated heterocycles. The summed E-state index contributed by atoms with van der Waals surface area (Å²) in [4.78, 5) is 3.93. The van der Waals surface area contributed by atoms with E-state index in [-0.39, 0.29) is 0 Å². The molecule has 2 N–H and O–H groups in total. The summed E-state index contributed by atoms with van der Waals surface area (Å²) in [6, 6.07) is 9.56. The van der Waals surface area contributed by atoms with E-state index < -0.39 is 0 Å². The van der Waals surface area contributed by atoms with Crippen molar-refractivity contribution in [2.24, 2.45) is 0 Å². The number of halogens is 1. The van der Waals surface area contributed by atoms with Crippen LogP contribution in [0.1, 0.15) is 5.56 Å². The smallest absolute Gasteiger partial charge is 0.133 e. The maximum Gasteiger partial charge on any atom is 0.133 e. The maximum absolute atomic E-state index is 5.77. The summed E-state index contributed by atoms with van der Waals surface area (Å²) >= 11 is 3.42. The molecular formula is C12H11BrN2O. The van der Waals surface area contributed by atoms with Crippen LogP contribution in [0.4, 0.5) is 5.69 Å². The van der Waals surface area contributed by atoms with Gasteiger partial charge in [-0.3, -0.25) is 4.98 Å². The standard InChI is InChI=1S/C12H11BrN2O/c13-10-3-1-2-4-12(10)16-8-9-5-6-15-7-11(9)14/h1-7H,8,14H2. The van der Waals surface area contributed by atoms with Gasteiger partial charge in [-0.25, -0.2) is 0 Å². The van der Waals surface area contributed by atoms with Crippen LogP contribution in [-0.2, 0) is 6.61 Å². The first kappa shape index (κ1) is 11.0. The Morgan fingerprint density at radius 1 is 1.25 bits per heavy atom. The molecule has 0 saturated carbocycles. The van der Waals surface area contributed by atoms with E-state index in [4.69, 9.17) is 10.5 Å². The summed E-state index contributed by atoms with van der Waals surface area (Å²) < 4.78 is 6.58. The molecule has 4 heteroatoms. The van der Waals surface area contributed by atoms with Crippen molar-refractivity contribution in [2.75, 3.05) is 5.73 Å². The van der Waals surface area contributed by atoms with Crippen LogP contribution in [0, 0.1) is 0 Å². The quantitative estimate of drug-likeness (QED) is 0.939. The molecule has 0 spiro atoms. The predicted octanol–water partition coefficient (Wildman–Crippen LogP) is 3.01. The number of para-hydroxylation sites is 1. The first-order chi connectivity index (χ1) is 7.77. The van der Waals surface area contributed by atoms with Crippen molar-refractivity contribution in [1.29, 1.82) is 0 Å². The molecule has 0 unspecified atom stereocenters. The summed E-state index contributed by atoms with van der Waals surface area (Å²) in [7, 11) is 0. The summed E-state index contributed by atoms with van der Waals surface area (Å²) in [6.45, 7) is 0.441. The third kappa shape index (κ3) is 2.52. The third-order valence-electron chi connectivity index (χ3n) is 2.17. The van der Waals surface area contributed by atoms with Gasteiger partial charge < -0.3 is 10.5 Å². The molecule has 0 aliphatic heterocycles. The van der Waals surface area contributed by atoms with Gasteiger partial charge in [0.15, 0.2) is 0 Å². The van der Waals surface area contributed by atoms with Crippen molar-refractivity contribution < 1.29 is 4.74 Å². The molecule has 2 rings (SSSR count). The lowest BCUT2D eigenvalue weighted by Crippen LogP contribution is -2.00. The van der Waals surface area contributed by atoms with E-state index in [2.05, 4.69) is 20.9 Å². The van der Waals surface area contributed by atoms with Crippen molar-refractivity contribution >= 4 is 21.6 Å². The van der Waals surface area contributed by atoms with Crippen molar-refractivity contribution in [3.8, 4) is 5.75 Å². The number of nitrogen functional groups attached to an aromatic ring is 1. The normalized spacial score (nSPS) is 10.1. The average Bonchev–Trinajstić information content (AvgIpc) is 2.30. The number of anilines is 1.